The van der Waals surface area contributed by atoms with Crippen LogP contribution in [0.3, 0.4) is 0 Å². The topological polar surface area (TPSA) is 48.9 Å². The number of likely N-dealkylation sites (tertiary alicyclic amines) is 1. The van der Waals surface area contributed by atoms with Gasteiger partial charge in [0.05, 0.1) is 24.0 Å². The van der Waals surface area contributed by atoms with Gasteiger partial charge in [-0.1, -0.05) is 30.3 Å². The van der Waals surface area contributed by atoms with Crippen molar-refractivity contribution in [3.63, 3.8) is 0 Å². The normalized spacial score (nSPS) is 24.7. The van der Waals surface area contributed by atoms with Crippen molar-refractivity contribution in [2.45, 2.75) is 57.6 Å². The Kier molecular flexibility index (Phi) is 6.15. The van der Waals surface area contributed by atoms with E-state index in [0.717, 1.165) is 38.5 Å². The molecule has 6 nitrogen and oxygen atoms in total. The van der Waals surface area contributed by atoms with Gasteiger partial charge in [0.15, 0.2) is 0 Å². The summed E-state index contributed by atoms with van der Waals surface area (Å²) in [4.78, 5) is 22.7. The number of benzene rings is 1. The summed E-state index contributed by atoms with van der Waals surface area (Å²) >= 11 is 0. The summed E-state index contributed by atoms with van der Waals surface area (Å²) in [5.74, 6) is 0. The molecule has 3 fully saturated rings. The zero-order chi connectivity index (χ0) is 24.8. The number of hydrogen-bond donors (Lipinski definition) is 0. The zero-order valence-corrected chi connectivity index (χ0v) is 20.0. The molecule has 5 rings (SSSR count). The second-order valence-corrected chi connectivity index (χ2v) is 10.5. The highest BCUT2D eigenvalue weighted by molar-refractivity contribution is 5.69. The van der Waals surface area contributed by atoms with E-state index in [-0.39, 0.29) is 29.7 Å². The molecule has 0 radical (unpaired) electrons. The van der Waals surface area contributed by atoms with Crippen LogP contribution in [-0.2, 0) is 17.5 Å². The van der Waals surface area contributed by atoms with Crippen LogP contribution in [0, 0.1) is 5.41 Å². The minimum Gasteiger partial charge on any atom is -0.446 e. The molecule has 0 N–H and O–H groups in total. The van der Waals surface area contributed by atoms with E-state index < -0.39 is 11.9 Å². The minimum absolute atomic E-state index is 0.0436. The molecule has 2 aromatic rings. The van der Waals surface area contributed by atoms with Gasteiger partial charge in [0, 0.05) is 38.1 Å². The predicted molar refractivity (Wildman–Crippen MR) is 126 cm³/mol. The highest BCUT2D eigenvalue weighted by Gasteiger charge is 2.54. The first-order valence-corrected chi connectivity index (χ1v) is 12.2. The molecule has 1 saturated carbocycles. The number of piperazine rings is 1. The summed E-state index contributed by atoms with van der Waals surface area (Å²) in [6.07, 6.45) is -1.73. The molecule has 1 amide bonds. The van der Waals surface area contributed by atoms with Crippen molar-refractivity contribution in [3.8, 4) is 0 Å². The van der Waals surface area contributed by atoms with Gasteiger partial charge in [0.2, 0.25) is 0 Å². The summed E-state index contributed by atoms with van der Waals surface area (Å²) in [6.45, 7) is 7.95. The molecule has 188 valence electrons. The molecule has 1 spiro atoms. The molecule has 2 aliphatic heterocycles. The van der Waals surface area contributed by atoms with E-state index in [9.17, 15) is 18.0 Å². The lowest BCUT2D eigenvalue weighted by molar-refractivity contribution is -0.141. The van der Waals surface area contributed by atoms with E-state index in [0.29, 0.717) is 18.8 Å². The van der Waals surface area contributed by atoms with Gasteiger partial charge in [-0.3, -0.25) is 9.80 Å². The van der Waals surface area contributed by atoms with Gasteiger partial charge in [0.1, 0.15) is 11.8 Å². The van der Waals surface area contributed by atoms with Crippen LogP contribution >= 0.6 is 0 Å². The average Bonchev–Trinajstić information content (AvgIpc) is 2.76. The number of anilines is 1. The first-order valence-electron chi connectivity index (χ1n) is 12.2. The molecule has 2 atom stereocenters. The molecule has 3 aliphatic rings. The second kappa shape index (κ2) is 9.00. The van der Waals surface area contributed by atoms with Crippen LogP contribution in [0.4, 0.5) is 23.7 Å². The number of hydrogen-bond acceptors (Lipinski definition) is 5. The van der Waals surface area contributed by atoms with Crippen molar-refractivity contribution < 1.29 is 22.7 Å². The van der Waals surface area contributed by atoms with Crippen molar-refractivity contribution in [1.29, 1.82) is 0 Å². The summed E-state index contributed by atoms with van der Waals surface area (Å²) in [7, 11) is 0. The molecule has 1 aliphatic carbocycles. The average molecular weight is 489 g/mol. The minimum atomic E-state index is -4.46. The summed E-state index contributed by atoms with van der Waals surface area (Å²) in [5, 5.41) is 0. The largest absolute Gasteiger partial charge is 0.446 e. The number of alkyl halides is 3. The van der Waals surface area contributed by atoms with E-state index in [1.165, 1.54) is 17.8 Å². The lowest BCUT2D eigenvalue weighted by atomic mass is 9.61. The molecule has 0 unspecified atom stereocenters. The number of aromatic nitrogens is 1. The van der Waals surface area contributed by atoms with Crippen molar-refractivity contribution >= 4 is 11.8 Å². The van der Waals surface area contributed by atoms with Gasteiger partial charge in [-0.05, 0) is 44.4 Å². The number of carbonyl (C=O) groups excluding carboxylic acids is 1. The van der Waals surface area contributed by atoms with Crippen molar-refractivity contribution in [1.82, 2.24) is 14.8 Å². The van der Waals surface area contributed by atoms with Crippen LogP contribution < -0.4 is 4.90 Å². The molecular formula is C26H31F3N4O2. The van der Waals surface area contributed by atoms with E-state index in [2.05, 4.69) is 34.1 Å². The number of carbonyl (C=O) groups is 1. The monoisotopic (exact) mass is 488 g/mol. The fraction of sp³-hybridized carbons (Fsp3) is 0.538. The number of nitrogens with zero attached hydrogens (tertiary/aromatic N) is 4. The third-order valence-corrected chi connectivity index (χ3v) is 7.49. The first kappa shape index (κ1) is 23.9. The maximum atomic E-state index is 13.0. The third-order valence-electron chi connectivity index (χ3n) is 7.49. The first-order chi connectivity index (χ1) is 16.6. The molecule has 35 heavy (non-hydrogen) atoms. The number of ether oxygens (including phenoxy) is 1. The quantitative estimate of drug-likeness (QED) is 0.619. The Hall–Kier alpha value is -2.81. The Balaban J connectivity index is 1.09. The molecule has 0 bridgehead atoms. The van der Waals surface area contributed by atoms with E-state index in [1.54, 1.807) is 4.90 Å². The molecule has 3 heterocycles. The Morgan fingerprint density at radius 3 is 2.29 bits per heavy atom. The van der Waals surface area contributed by atoms with Crippen LogP contribution in [-0.4, -0.2) is 65.2 Å². The van der Waals surface area contributed by atoms with Gasteiger partial charge in [-0.25, -0.2) is 9.78 Å². The Labute approximate surface area is 203 Å². The SMILES string of the molecule is C[C@@H]1CN(c2ccc(C(F)(F)F)nc2)C[C@H](C)N1C(=O)OC1CC2(C1)CN(Cc1ccccc1)C2. The van der Waals surface area contributed by atoms with Gasteiger partial charge in [-0.15, -0.1) is 0 Å². The standard InChI is InChI=1S/C26H31F3N4O2/c1-18-13-32(21-8-9-23(30-12-21)26(27,28)29)14-19(2)33(18)24(34)35-22-10-25(11-22)16-31(17-25)15-20-6-4-3-5-7-20/h3-9,12,18-19,22H,10-11,13-17H2,1-2H3/t18-,19+. The maximum Gasteiger partial charge on any atom is 0.433 e. The van der Waals surface area contributed by atoms with Crippen LogP contribution in [0.25, 0.3) is 0 Å². The fourth-order valence-electron chi connectivity index (χ4n) is 5.94. The van der Waals surface area contributed by atoms with Crippen molar-refractivity contribution in [2.24, 2.45) is 5.41 Å². The molecule has 1 aromatic heterocycles. The van der Waals surface area contributed by atoms with Gasteiger partial charge < -0.3 is 9.64 Å². The molecule has 2 saturated heterocycles. The predicted octanol–water partition coefficient (Wildman–Crippen LogP) is 4.80. The summed E-state index contributed by atoms with van der Waals surface area (Å²) in [6, 6.07) is 12.6. The van der Waals surface area contributed by atoms with Gasteiger partial charge in [-0.2, -0.15) is 13.2 Å². The van der Waals surface area contributed by atoms with Crippen molar-refractivity contribution in [2.75, 3.05) is 31.1 Å². The number of amides is 1. The van der Waals surface area contributed by atoms with Crippen LogP contribution in [0.2, 0.25) is 0 Å². The smallest absolute Gasteiger partial charge is 0.433 e. The zero-order valence-electron chi connectivity index (χ0n) is 20.0. The lowest BCUT2D eigenvalue weighted by Gasteiger charge is -2.58. The Morgan fingerprint density at radius 2 is 1.71 bits per heavy atom. The highest BCUT2D eigenvalue weighted by atomic mass is 19.4. The maximum absolute atomic E-state index is 13.0. The molecular weight excluding hydrogens is 457 g/mol. The Bertz CT molecular complexity index is 1020. The fourth-order valence-corrected chi connectivity index (χ4v) is 5.94. The van der Waals surface area contributed by atoms with Gasteiger partial charge >= 0.3 is 12.3 Å². The van der Waals surface area contributed by atoms with Crippen LogP contribution in [0.5, 0.6) is 0 Å². The molecule has 9 heteroatoms. The number of halogens is 3. The molecule has 1 aromatic carbocycles. The highest BCUT2D eigenvalue weighted by Crippen LogP contribution is 2.50. The van der Waals surface area contributed by atoms with E-state index in [1.807, 2.05) is 24.8 Å². The van der Waals surface area contributed by atoms with Crippen LogP contribution in [0.1, 0.15) is 37.9 Å². The van der Waals surface area contributed by atoms with Gasteiger partial charge in [0.25, 0.3) is 0 Å². The number of pyridine rings is 1. The number of rotatable bonds is 4. The van der Waals surface area contributed by atoms with E-state index >= 15 is 0 Å². The summed E-state index contributed by atoms with van der Waals surface area (Å²) in [5.41, 5.74) is 1.32. The van der Waals surface area contributed by atoms with Crippen LogP contribution in [0.15, 0.2) is 48.7 Å². The Morgan fingerprint density at radius 1 is 1.06 bits per heavy atom. The summed E-state index contributed by atoms with van der Waals surface area (Å²) < 4.78 is 44.3. The third kappa shape index (κ3) is 4.96. The van der Waals surface area contributed by atoms with Crippen molar-refractivity contribution in [3.05, 3.63) is 59.9 Å². The second-order valence-electron chi connectivity index (χ2n) is 10.5. The lowest BCUT2D eigenvalue weighted by Crippen LogP contribution is -2.64. The van der Waals surface area contributed by atoms with E-state index in [4.69, 9.17) is 4.74 Å².